The summed E-state index contributed by atoms with van der Waals surface area (Å²) in [5.74, 6) is 0.316. The number of aromatic nitrogens is 2. The third-order valence-corrected chi connectivity index (χ3v) is 5.43. The molecule has 22 heavy (non-hydrogen) atoms. The van der Waals surface area contributed by atoms with E-state index < -0.39 is 0 Å². The van der Waals surface area contributed by atoms with Crippen LogP contribution in [0.5, 0.6) is 0 Å². The maximum Gasteiger partial charge on any atom is 0.280 e. The van der Waals surface area contributed by atoms with Gasteiger partial charge >= 0.3 is 0 Å². The summed E-state index contributed by atoms with van der Waals surface area (Å²) in [7, 11) is 0. The number of hydrogen-bond acceptors (Lipinski definition) is 3. The van der Waals surface area contributed by atoms with Gasteiger partial charge in [0.2, 0.25) is 0 Å². The summed E-state index contributed by atoms with van der Waals surface area (Å²) in [6.07, 6.45) is 3.05. The number of benzene rings is 1. The van der Waals surface area contributed by atoms with Gasteiger partial charge in [0, 0.05) is 12.0 Å². The van der Waals surface area contributed by atoms with Crippen molar-refractivity contribution >= 4 is 40.1 Å². The van der Waals surface area contributed by atoms with Gasteiger partial charge in [-0.25, -0.2) is 0 Å². The number of nitrogens with zero attached hydrogens (tertiary/aromatic N) is 2. The fraction of sp³-hybridized carbons (Fsp3) is 0.375. The maximum absolute atomic E-state index is 13.1. The lowest BCUT2D eigenvalue weighted by Crippen LogP contribution is -2.21. The molecular formula is C16H14ClIN2O2. The topological polar surface area (TPSA) is 44.1 Å². The maximum atomic E-state index is 13.1. The summed E-state index contributed by atoms with van der Waals surface area (Å²) in [6, 6.07) is 5.70. The van der Waals surface area contributed by atoms with Crippen molar-refractivity contribution in [1.82, 2.24) is 9.78 Å². The summed E-state index contributed by atoms with van der Waals surface area (Å²) in [4.78, 5) is 13.1. The molecule has 4 nitrogen and oxygen atoms in total. The van der Waals surface area contributed by atoms with Gasteiger partial charge in [0.05, 0.1) is 29.5 Å². The first-order valence-corrected chi connectivity index (χ1v) is 8.79. The van der Waals surface area contributed by atoms with E-state index in [1.165, 1.54) is 4.68 Å². The molecule has 0 saturated heterocycles. The molecule has 0 N–H and O–H groups in total. The number of ether oxygens (including phenoxy) is 1. The highest BCUT2D eigenvalue weighted by Crippen LogP contribution is 2.43. The van der Waals surface area contributed by atoms with E-state index in [0.717, 1.165) is 39.8 Å². The van der Waals surface area contributed by atoms with Crippen molar-refractivity contribution < 1.29 is 9.53 Å². The lowest BCUT2D eigenvalue weighted by molar-refractivity contribution is 0.0871. The smallest absolute Gasteiger partial charge is 0.280 e. The predicted octanol–water partition coefficient (Wildman–Crippen LogP) is 3.78. The van der Waals surface area contributed by atoms with Crippen LogP contribution in [0.3, 0.4) is 0 Å². The minimum Gasteiger partial charge on any atom is -0.375 e. The number of halogens is 2. The van der Waals surface area contributed by atoms with Crippen molar-refractivity contribution in [3.8, 4) is 0 Å². The van der Waals surface area contributed by atoms with Gasteiger partial charge in [0.25, 0.3) is 5.91 Å². The Labute approximate surface area is 146 Å². The molecule has 1 saturated carbocycles. The molecule has 0 radical (unpaired) electrons. The monoisotopic (exact) mass is 428 g/mol. The zero-order valence-electron chi connectivity index (χ0n) is 11.8. The second-order valence-corrected chi connectivity index (χ2v) is 7.14. The molecule has 4 rings (SSSR count). The van der Waals surface area contributed by atoms with E-state index in [2.05, 4.69) is 27.7 Å². The normalized spacial score (nSPS) is 17.4. The second-order valence-electron chi connectivity index (χ2n) is 5.71. The molecule has 1 aromatic carbocycles. The van der Waals surface area contributed by atoms with Gasteiger partial charge in [-0.15, -0.1) is 0 Å². The minimum atomic E-state index is -0.142. The molecule has 0 atom stereocenters. The first kappa shape index (κ1) is 14.7. The predicted molar refractivity (Wildman–Crippen MR) is 91.5 cm³/mol. The van der Waals surface area contributed by atoms with Gasteiger partial charge in [-0.05, 0) is 53.0 Å². The van der Waals surface area contributed by atoms with Crippen LogP contribution in [0.15, 0.2) is 18.2 Å². The van der Waals surface area contributed by atoms with Crippen molar-refractivity contribution in [3.63, 3.8) is 0 Å². The summed E-state index contributed by atoms with van der Waals surface area (Å²) >= 11 is 8.53. The number of fused-ring (bicyclic) bond motifs is 1. The Bertz CT molecular complexity index is 768. The van der Waals surface area contributed by atoms with Crippen LogP contribution in [0.1, 0.15) is 45.9 Å². The van der Waals surface area contributed by atoms with Gasteiger partial charge in [-0.3, -0.25) is 4.79 Å². The summed E-state index contributed by atoms with van der Waals surface area (Å²) in [5.41, 5.74) is 3.63. The Morgan fingerprint density at radius 1 is 1.41 bits per heavy atom. The van der Waals surface area contributed by atoms with Gasteiger partial charge in [0.1, 0.15) is 3.70 Å². The second kappa shape index (κ2) is 5.62. The van der Waals surface area contributed by atoms with Crippen LogP contribution in [0, 0.1) is 3.70 Å². The van der Waals surface area contributed by atoms with Gasteiger partial charge < -0.3 is 4.74 Å². The van der Waals surface area contributed by atoms with Crippen LogP contribution in [0.4, 0.5) is 0 Å². The zero-order chi connectivity index (χ0) is 15.3. The first-order chi connectivity index (χ1) is 10.7. The van der Waals surface area contributed by atoms with Crippen molar-refractivity contribution in [3.05, 3.63) is 49.3 Å². The third-order valence-electron chi connectivity index (χ3n) is 4.25. The fourth-order valence-corrected chi connectivity index (χ4v) is 4.03. The highest BCUT2D eigenvalue weighted by molar-refractivity contribution is 14.1. The van der Waals surface area contributed by atoms with Crippen molar-refractivity contribution in [2.75, 3.05) is 6.61 Å². The van der Waals surface area contributed by atoms with E-state index in [9.17, 15) is 4.79 Å². The molecule has 0 bridgehead atoms. The molecule has 0 spiro atoms. The van der Waals surface area contributed by atoms with E-state index >= 15 is 0 Å². The molecular weight excluding hydrogens is 415 g/mol. The van der Waals surface area contributed by atoms with Crippen LogP contribution < -0.4 is 0 Å². The van der Waals surface area contributed by atoms with Crippen LogP contribution in [0.2, 0.25) is 5.02 Å². The van der Waals surface area contributed by atoms with E-state index in [4.69, 9.17) is 16.3 Å². The molecule has 2 aliphatic rings. The molecule has 0 unspecified atom stereocenters. The van der Waals surface area contributed by atoms with E-state index in [1.807, 2.05) is 12.1 Å². The van der Waals surface area contributed by atoms with E-state index in [0.29, 0.717) is 29.7 Å². The van der Waals surface area contributed by atoms with Gasteiger partial charge in [0.15, 0.2) is 0 Å². The van der Waals surface area contributed by atoms with Gasteiger partial charge in [-0.1, -0.05) is 23.7 Å². The Morgan fingerprint density at radius 2 is 2.23 bits per heavy atom. The van der Waals surface area contributed by atoms with Crippen LogP contribution in [-0.2, 0) is 17.8 Å². The first-order valence-electron chi connectivity index (χ1n) is 7.34. The Morgan fingerprint density at radius 3 is 3.00 bits per heavy atom. The third kappa shape index (κ3) is 2.39. The number of rotatable bonds is 2. The number of hydrogen-bond donors (Lipinski definition) is 0. The SMILES string of the molecule is O=C(c1c(Cl)cccc1C1CC1)n1nc(I)c2c1COCC2. The Hall–Kier alpha value is -0.920. The number of carbonyl (C=O) groups is 1. The van der Waals surface area contributed by atoms with Crippen molar-refractivity contribution in [2.24, 2.45) is 0 Å². The minimum absolute atomic E-state index is 0.142. The Kier molecular flexibility index (Phi) is 3.74. The van der Waals surface area contributed by atoms with E-state index in [-0.39, 0.29) is 5.91 Å². The summed E-state index contributed by atoms with van der Waals surface area (Å²) < 4.78 is 7.88. The van der Waals surface area contributed by atoms with Crippen molar-refractivity contribution in [2.45, 2.75) is 31.8 Å². The van der Waals surface area contributed by atoms with E-state index in [1.54, 1.807) is 6.07 Å². The lowest BCUT2D eigenvalue weighted by Gasteiger charge is -2.15. The number of carbonyl (C=O) groups excluding carboxylic acids is 1. The molecule has 1 aliphatic carbocycles. The molecule has 2 heterocycles. The molecule has 2 aromatic rings. The van der Waals surface area contributed by atoms with Crippen LogP contribution in [-0.4, -0.2) is 22.3 Å². The fourth-order valence-electron chi connectivity index (χ4n) is 2.97. The largest absolute Gasteiger partial charge is 0.375 e. The standard InChI is InChI=1S/C16H14ClIN2O2/c17-12-3-1-2-10(9-4-5-9)14(12)16(21)20-13-8-22-7-6-11(13)15(18)19-20/h1-3,9H,4-8H2. The lowest BCUT2D eigenvalue weighted by atomic mass is 10.0. The van der Waals surface area contributed by atoms with Crippen molar-refractivity contribution in [1.29, 1.82) is 0 Å². The molecule has 114 valence electrons. The van der Waals surface area contributed by atoms with Gasteiger partial charge in [-0.2, -0.15) is 9.78 Å². The Balaban J connectivity index is 1.83. The summed E-state index contributed by atoms with van der Waals surface area (Å²) in [6.45, 7) is 1.11. The van der Waals surface area contributed by atoms with Crippen LogP contribution >= 0.6 is 34.2 Å². The quantitative estimate of drug-likeness (QED) is 0.684. The average molecular weight is 429 g/mol. The average Bonchev–Trinajstić information content (AvgIpc) is 3.31. The molecule has 1 aliphatic heterocycles. The highest BCUT2D eigenvalue weighted by atomic mass is 127. The molecule has 1 fully saturated rings. The molecule has 0 amide bonds. The summed E-state index contributed by atoms with van der Waals surface area (Å²) in [5, 5.41) is 4.95. The highest BCUT2D eigenvalue weighted by Gasteiger charge is 2.32. The molecule has 6 heteroatoms. The zero-order valence-corrected chi connectivity index (χ0v) is 14.7. The molecule has 1 aromatic heterocycles. The van der Waals surface area contributed by atoms with Crippen LogP contribution in [0.25, 0.3) is 0 Å².